The molecule has 2 aromatic heterocycles. The van der Waals surface area contributed by atoms with Gasteiger partial charge in [-0.3, -0.25) is 9.36 Å². The number of nitrogens with zero attached hydrogens (tertiary/aromatic N) is 4. The summed E-state index contributed by atoms with van der Waals surface area (Å²) in [6.45, 7) is 6.58. The Bertz CT molecular complexity index is 1530. The third-order valence-electron chi connectivity index (χ3n) is 6.73. The number of amides is 2. The number of hydrogen-bond donors (Lipinski definition) is 2. The third kappa shape index (κ3) is 6.22. The number of carbonyl (C=O) groups is 2. The van der Waals surface area contributed by atoms with E-state index in [0.717, 1.165) is 15.6 Å². The van der Waals surface area contributed by atoms with Gasteiger partial charge in [0.1, 0.15) is 0 Å². The van der Waals surface area contributed by atoms with Gasteiger partial charge >= 0.3 is 11.8 Å². The molecule has 1 unspecified atom stereocenters. The monoisotopic (exact) mass is 593 g/mol. The van der Waals surface area contributed by atoms with Gasteiger partial charge in [-0.1, -0.05) is 55.0 Å². The molecule has 2 N–H and O–H groups in total. The van der Waals surface area contributed by atoms with Gasteiger partial charge in [0.05, 0.1) is 28.3 Å². The van der Waals surface area contributed by atoms with Crippen molar-refractivity contribution < 1.29 is 14.7 Å². The van der Waals surface area contributed by atoms with E-state index < -0.39 is 12.1 Å². The molecule has 10 heteroatoms. The van der Waals surface area contributed by atoms with Crippen LogP contribution in [0.5, 0.6) is 0 Å². The Morgan fingerprint density at radius 1 is 1.10 bits per heavy atom. The van der Waals surface area contributed by atoms with Crippen LogP contribution in [0.25, 0.3) is 5.52 Å². The highest BCUT2D eigenvalue weighted by atomic mass is 79.9. The number of fused-ring (bicyclic) bond motifs is 1. The molecule has 2 heterocycles. The molecule has 0 radical (unpaired) electrons. The van der Waals surface area contributed by atoms with E-state index in [1.807, 2.05) is 69.3 Å². The van der Waals surface area contributed by atoms with E-state index in [1.54, 1.807) is 21.6 Å². The first-order valence-corrected chi connectivity index (χ1v) is 13.7. The summed E-state index contributed by atoms with van der Waals surface area (Å²) in [5, 5.41) is 15.8. The number of aromatic nitrogens is 3. The topological polar surface area (TPSA) is 109 Å². The summed E-state index contributed by atoms with van der Waals surface area (Å²) >= 11 is 3.58. The van der Waals surface area contributed by atoms with Crippen molar-refractivity contribution in [1.29, 1.82) is 0 Å². The Kier molecular flexibility index (Phi) is 8.86. The maximum Gasteiger partial charge on any atom is 0.404 e. The minimum atomic E-state index is -1.11. The lowest BCUT2D eigenvalue weighted by atomic mass is 10.0. The molecule has 4 aromatic rings. The summed E-state index contributed by atoms with van der Waals surface area (Å²) in [6.07, 6.45) is -0.151. The van der Waals surface area contributed by atoms with E-state index in [9.17, 15) is 14.4 Å². The molecular formula is C29H32BrN5O4. The molecule has 2 amide bonds. The number of aryl methyl sites for hydroxylation is 2. The van der Waals surface area contributed by atoms with Crippen LogP contribution in [0.2, 0.25) is 0 Å². The highest BCUT2D eigenvalue weighted by molar-refractivity contribution is 9.10. The molecule has 0 aliphatic carbocycles. The molecule has 1 atom stereocenters. The van der Waals surface area contributed by atoms with Crippen molar-refractivity contribution in [3.05, 3.63) is 104 Å². The summed E-state index contributed by atoms with van der Waals surface area (Å²) < 4.78 is 3.80. The van der Waals surface area contributed by atoms with Gasteiger partial charge in [0, 0.05) is 24.3 Å². The van der Waals surface area contributed by atoms with Gasteiger partial charge in [0.15, 0.2) is 0 Å². The lowest BCUT2D eigenvalue weighted by Crippen LogP contribution is -2.40. The summed E-state index contributed by atoms with van der Waals surface area (Å²) in [4.78, 5) is 40.5. The zero-order chi connectivity index (χ0) is 28.1. The highest BCUT2D eigenvalue weighted by Gasteiger charge is 2.29. The van der Waals surface area contributed by atoms with E-state index in [0.29, 0.717) is 48.4 Å². The van der Waals surface area contributed by atoms with Gasteiger partial charge in [-0.15, -0.1) is 0 Å². The van der Waals surface area contributed by atoms with E-state index in [1.165, 1.54) is 4.52 Å². The summed E-state index contributed by atoms with van der Waals surface area (Å²) in [6, 6.07) is 18.5. The van der Waals surface area contributed by atoms with Crippen LogP contribution >= 0.6 is 15.9 Å². The molecule has 0 saturated carbocycles. The molecule has 0 saturated heterocycles. The van der Waals surface area contributed by atoms with Crippen molar-refractivity contribution in [2.24, 2.45) is 0 Å². The second-order valence-corrected chi connectivity index (χ2v) is 10.3. The average molecular weight is 595 g/mol. The Balaban J connectivity index is 1.85. The van der Waals surface area contributed by atoms with E-state index in [2.05, 4.69) is 26.3 Å². The van der Waals surface area contributed by atoms with Crippen molar-refractivity contribution in [2.75, 3.05) is 13.1 Å². The Morgan fingerprint density at radius 3 is 2.44 bits per heavy atom. The van der Waals surface area contributed by atoms with Crippen LogP contribution < -0.4 is 11.0 Å². The number of nitrogens with one attached hydrogen (secondary N) is 1. The number of carboxylic acid groups (broad SMARTS) is 1. The average Bonchev–Trinajstić information content (AvgIpc) is 3.21. The van der Waals surface area contributed by atoms with Crippen molar-refractivity contribution in [1.82, 2.24) is 24.4 Å². The summed E-state index contributed by atoms with van der Waals surface area (Å²) in [7, 11) is 0. The van der Waals surface area contributed by atoms with Gasteiger partial charge in [0.25, 0.3) is 5.91 Å². The zero-order valence-corrected chi connectivity index (χ0v) is 23.8. The van der Waals surface area contributed by atoms with E-state index >= 15 is 0 Å². The standard InChI is InChI=1S/C29H32BrN5O4/c1-4-23(33(16-8-15-31-28(37)38)27(36)22-13-11-19(2)12-14-22)24-17-25-26(30)20(3)32-35(25)29(39)34(24)18-21-9-6-5-7-10-21/h5-7,9-14,17,23,31H,4,8,15-16,18H2,1-3H3,(H,37,38). The van der Waals surface area contributed by atoms with Crippen molar-refractivity contribution in [2.45, 2.75) is 46.2 Å². The SMILES string of the molecule is CCC(c1cc2c(Br)c(C)nn2c(=O)n1Cc1ccccc1)N(CCCNC(=O)O)C(=O)c1ccc(C)cc1. The normalized spacial score (nSPS) is 11.9. The molecule has 0 aliphatic heterocycles. The molecule has 0 spiro atoms. The van der Waals surface area contributed by atoms with Crippen LogP contribution in [0, 0.1) is 13.8 Å². The third-order valence-corrected chi connectivity index (χ3v) is 7.71. The number of rotatable bonds is 10. The number of halogens is 1. The van der Waals surface area contributed by atoms with Gasteiger partial charge in [0.2, 0.25) is 0 Å². The fraction of sp³-hybridized carbons (Fsp3) is 0.310. The van der Waals surface area contributed by atoms with Gasteiger partial charge in [-0.25, -0.2) is 9.59 Å². The van der Waals surface area contributed by atoms with Crippen LogP contribution in [0.15, 0.2) is 69.9 Å². The number of benzene rings is 2. The molecule has 0 bridgehead atoms. The van der Waals surface area contributed by atoms with Gasteiger partial charge in [-0.2, -0.15) is 9.61 Å². The largest absolute Gasteiger partial charge is 0.465 e. The summed E-state index contributed by atoms with van der Waals surface area (Å²) in [5.74, 6) is -0.181. The minimum absolute atomic E-state index is 0.181. The zero-order valence-electron chi connectivity index (χ0n) is 22.2. The fourth-order valence-corrected chi connectivity index (χ4v) is 5.10. The molecule has 0 fully saturated rings. The highest BCUT2D eigenvalue weighted by Crippen LogP contribution is 2.30. The smallest absolute Gasteiger partial charge is 0.404 e. The van der Waals surface area contributed by atoms with Crippen LogP contribution in [-0.2, 0) is 6.54 Å². The van der Waals surface area contributed by atoms with Gasteiger partial charge < -0.3 is 15.3 Å². The van der Waals surface area contributed by atoms with Crippen molar-refractivity contribution >= 4 is 33.4 Å². The number of hydrogen-bond acceptors (Lipinski definition) is 4. The van der Waals surface area contributed by atoms with Crippen molar-refractivity contribution in [3.8, 4) is 0 Å². The molecule has 2 aromatic carbocycles. The van der Waals surface area contributed by atoms with Crippen LogP contribution in [0.3, 0.4) is 0 Å². The fourth-order valence-electron chi connectivity index (χ4n) is 4.73. The first-order valence-electron chi connectivity index (χ1n) is 12.9. The molecule has 204 valence electrons. The molecule has 39 heavy (non-hydrogen) atoms. The van der Waals surface area contributed by atoms with Gasteiger partial charge in [-0.05, 0) is 66.4 Å². The lowest BCUT2D eigenvalue weighted by Gasteiger charge is -2.33. The minimum Gasteiger partial charge on any atom is -0.465 e. The molecule has 0 aliphatic rings. The molecule has 4 rings (SSSR count). The van der Waals surface area contributed by atoms with E-state index in [4.69, 9.17) is 5.11 Å². The predicted octanol–water partition coefficient (Wildman–Crippen LogP) is 5.17. The quantitative estimate of drug-likeness (QED) is 0.246. The second-order valence-electron chi connectivity index (χ2n) is 9.49. The Morgan fingerprint density at radius 2 is 1.79 bits per heavy atom. The molecule has 9 nitrogen and oxygen atoms in total. The second kappa shape index (κ2) is 12.3. The first-order chi connectivity index (χ1) is 18.7. The molecular weight excluding hydrogens is 562 g/mol. The van der Waals surface area contributed by atoms with E-state index in [-0.39, 0.29) is 18.1 Å². The Hall–Kier alpha value is -3.92. The van der Waals surface area contributed by atoms with Crippen LogP contribution in [0.1, 0.15) is 58.7 Å². The van der Waals surface area contributed by atoms with Crippen LogP contribution in [-0.4, -0.2) is 49.3 Å². The lowest BCUT2D eigenvalue weighted by molar-refractivity contribution is 0.0659. The first kappa shape index (κ1) is 28.1. The Labute approximate surface area is 235 Å². The maximum atomic E-state index is 13.9. The maximum absolute atomic E-state index is 13.9. The van der Waals surface area contributed by atoms with Crippen molar-refractivity contribution in [3.63, 3.8) is 0 Å². The summed E-state index contributed by atoms with van der Waals surface area (Å²) in [5.41, 5.74) is 4.23. The number of carbonyl (C=O) groups excluding carboxylic acids is 1. The van der Waals surface area contributed by atoms with Crippen LogP contribution in [0.4, 0.5) is 4.79 Å². The predicted molar refractivity (Wildman–Crippen MR) is 153 cm³/mol.